The van der Waals surface area contributed by atoms with Crippen LogP contribution in [0.2, 0.25) is 0 Å². The van der Waals surface area contributed by atoms with Gasteiger partial charge in [0, 0.05) is 5.88 Å². The summed E-state index contributed by atoms with van der Waals surface area (Å²) in [6.07, 6.45) is -0.0321. The molecule has 1 aromatic carbocycles. The fourth-order valence-corrected chi connectivity index (χ4v) is 3.51. The molecule has 0 N–H and O–H groups in total. The average Bonchev–Trinajstić information content (AvgIpc) is 2.61. The Labute approximate surface area is 104 Å². The zero-order chi connectivity index (χ0) is 12.5. The van der Waals surface area contributed by atoms with Crippen LogP contribution in [0.5, 0.6) is 5.75 Å². The molecular formula is C11H12ClFO3S. The number of halogens is 2. The zero-order valence-corrected chi connectivity index (χ0v) is 10.6. The lowest BCUT2D eigenvalue weighted by Crippen LogP contribution is -2.18. The Morgan fingerprint density at radius 2 is 2.24 bits per heavy atom. The van der Waals surface area contributed by atoms with Crippen LogP contribution in [0, 0.1) is 5.82 Å². The number of benzene rings is 1. The summed E-state index contributed by atoms with van der Waals surface area (Å²) >= 11 is 5.57. The molecule has 1 fully saturated rings. The van der Waals surface area contributed by atoms with Gasteiger partial charge in [0.05, 0.1) is 11.5 Å². The van der Waals surface area contributed by atoms with E-state index in [1.165, 1.54) is 12.1 Å². The fourth-order valence-electron chi connectivity index (χ4n) is 1.76. The van der Waals surface area contributed by atoms with Gasteiger partial charge in [-0.25, -0.2) is 12.8 Å². The van der Waals surface area contributed by atoms with Crippen molar-refractivity contribution >= 4 is 21.4 Å². The van der Waals surface area contributed by atoms with Crippen molar-refractivity contribution < 1.29 is 17.5 Å². The first kappa shape index (κ1) is 12.6. The Morgan fingerprint density at radius 1 is 1.47 bits per heavy atom. The molecule has 17 heavy (non-hydrogen) atoms. The average molecular weight is 279 g/mol. The second-order valence-electron chi connectivity index (χ2n) is 4.04. The van der Waals surface area contributed by atoms with Gasteiger partial charge in [-0.3, -0.25) is 0 Å². The highest BCUT2D eigenvalue weighted by molar-refractivity contribution is 7.91. The summed E-state index contributed by atoms with van der Waals surface area (Å²) in [6.45, 7) is 0. The Hall–Kier alpha value is -0.810. The first-order valence-electron chi connectivity index (χ1n) is 5.21. The van der Waals surface area contributed by atoms with Crippen LogP contribution in [-0.2, 0) is 15.7 Å². The second kappa shape index (κ2) is 4.82. The van der Waals surface area contributed by atoms with Crippen LogP contribution >= 0.6 is 11.6 Å². The highest BCUT2D eigenvalue weighted by atomic mass is 35.5. The predicted octanol–water partition coefficient (Wildman–Crippen LogP) is 2.13. The Bertz CT molecular complexity index is 515. The van der Waals surface area contributed by atoms with Crippen molar-refractivity contribution in [2.75, 3.05) is 11.5 Å². The third-order valence-corrected chi connectivity index (χ3v) is 4.68. The summed E-state index contributed by atoms with van der Waals surface area (Å²) in [4.78, 5) is 0. The first-order chi connectivity index (χ1) is 8.00. The van der Waals surface area contributed by atoms with Crippen molar-refractivity contribution in [3.63, 3.8) is 0 Å². The second-order valence-corrected chi connectivity index (χ2v) is 6.54. The van der Waals surface area contributed by atoms with Crippen molar-refractivity contribution in [3.8, 4) is 5.75 Å². The van der Waals surface area contributed by atoms with Gasteiger partial charge in [0.1, 0.15) is 6.10 Å². The molecule has 2 rings (SSSR count). The minimum absolute atomic E-state index is 0.0380. The van der Waals surface area contributed by atoms with E-state index in [1.807, 2.05) is 0 Å². The van der Waals surface area contributed by atoms with Gasteiger partial charge in [-0.05, 0) is 24.1 Å². The molecule has 3 nitrogen and oxygen atoms in total. The van der Waals surface area contributed by atoms with Gasteiger partial charge in [-0.15, -0.1) is 11.6 Å². The summed E-state index contributed by atoms with van der Waals surface area (Å²) in [7, 11) is -3.01. The maximum absolute atomic E-state index is 13.6. The van der Waals surface area contributed by atoms with Gasteiger partial charge in [0.25, 0.3) is 0 Å². The minimum atomic E-state index is -3.01. The van der Waals surface area contributed by atoms with Gasteiger partial charge < -0.3 is 4.74 Å². The molecule has 0 aromatic heterocycles. The number of hydrogen-bond acceptors (Lipinski definition) is 3. The van der Waals surface area contributed by atoms with E-state index in [0.717, 1.165) is 0 Å². The van der Waals surface area contributed by atoms with Gasteiger partial charge in [-0.1, -0.05) is 6.07 Å². The van der Waals surface area contributed by atoms with Crippen LogP contribution in [0.3, 0.4) is 0 Å². The molecular weight excluding hydrogens is 267 g/mol. The van der Waals surface area contributed by atoms with Gasteiger partial charge in [0.2, 0.25) is 0 Å². The van der Waals surface area contributed by atoms with E-state index in [0.29, 0.717) is 12.0 Å². The maximum Gasteiger partial charge on any atom is 0.165 e. The number of rotatable bonds is 3. The number of sulfone groups is 1. The predicted molar refractivity (Wildman–Crippen MR) is 63.6 cm³/mol. The van der Waals surface area contributed by atoms with E-state index in [9.17, 15) is 12.8 Å². The lowest BCUT2D eigenvalue weighted by atomic mass is 10.2. The smallest absolute Gasteiger partial charge is 0.165 e. The standard InChI is InChI=1S/C11H12ClFO3S/c12-6-8-1-2-11(10(13)5-8)16-9-3-4-17(14,15)7-9/h1-2,5,9H,3-4,6-7H2. The Kier molecular flexibility index (Phi) is 3.58. The lowest BCUT2D eigenvalue weighted by Gasteiger charge is -2.12. The van der Waals surface area contributed by atoms with Crippen LogP contribution in [-0.4, -0.2) is 26.0 Å². The van der Waals surface area contributed by atoms with E-state index in [1.54, 1.807) is 6.07 Å². The van der Waals surface area contributed by atoms with Crippen molar-refractivity contribution in [2.24, 2.45) is 0 Å². The Balaban J connectivity index is 2.09. The summed E-state index contributed by atoms with van der Waals surface area (Å²) < 4.78 is 41.3. The molecule has 0 radical (unpaired) electrons. The van der Waals surface area contributed by atoms with Gasteiger partial charge in [-0.2, -0.15) is 0 Å². The number of alkyl halides is 1. The molecule has 0 bridgehead atoms. The maximum atomic E-state index is 13.6. The molecule has 1 saturated heterocycles. The summed E-state index contributed by atoms with van der Waals surface area (Å²) in [5, 5.41) is 0. The topological polar surface area (TPSA) is 43.4 Å². The van der Waals surface area contributed by atoms with Crippen LogP contribution in [0.4, 0.5) is 4.39 Å². The molecule has 0 amide bonds. The Morgan fingerprint density at radius 3 is 2.76 bits per heavy atom. The van der Waals surface area contributed by atoms with E-state index in [-0.39, 0.29) is 23.1 Å². The van der Waals surface area contributed by atoms with Crippen molar-refractivity contribution in [2.45, 2.75) is 18.4 Å². The monoisotopic (exact) mass is 278 g/mol. The molecule has 0 saturated carbocycles. The van der Waals surface area contributed by atoms with Crippen molar-refractivity contribution in [1.82, 2.24) is 0 Å². The van der Waals surface area contributed by atoms with Crippen molar-refractivity contribution in [1.29, 1.82) is 0 Å². The van der Waals surface area contributed by atoms with Gasteiger partial charge >= 0.3 is 0 Å². The first-order valence-corrected chi connectivity index (χ1v) is 7.57. The van der Waals surface area contributed by atoms with Crippen molar-refractivity contribution in [3.05, 3.63) is 29.6 Å². The summed E-state index contributed by atoms with van der Waals surface area (Å²) in [5.74, 6) is -0.119. The molecule has 1 unspecified atom stereocenters. The molecule has 6 heteroatoms. The summed E-state index contributed by atoms with van der Waals surface area (Å²) in [5.41, 5.74) is 0.663. The van der Waals surface area contributed by atoms with Crippen LogP contribution < -0.4 is 4.74 Å². The molecule has 0 spiro atoms. The molecule has 1 atom stereocenters. The lowest BCUT2D eigenvalue weighted by molar-refractivity contribution is 0.218. The molecule has 1 heterocycles. The van der Waals surface area contributed by atoms with E-state index < -0.39 is 21.8 Å². The van der Waals surface area contributed by atoms with Gasteiger partial charge in [0.15, 0.2) is 21.4 Å². The molecule has 1 aliphatic heterocycles. The molecule has 94 valence electrons. The quantitative estimate of drug-likeness (QED) is 0.796. The van der Waals surface area contributed by atoms with E-state index >= 15 is 0 Å². The van der Waals surface area contributed by atoms with Crippen LogP contribution in [0.15, 0.2) is 18.2 Å². The molecule has 0 aliphatic carbocycles. The molecule has 1 aromatic rings. The largest absolute Gasteiger partial charge is 0.486 e. The van der Waals surface area contributed by atoms with E-state index in [2.05, 4.69) is 0 Å². The SMILES string of the molecule is O=S1(=O)CCC(Oc2ccc(CCl)cc2F)C1. The molecule has 1 aliphatic rings. The third kappa shape index (κ3) is 3.10. The fraction of sp³-hybridized carbons (Fsp3) is 0.455. The number of hydrogen-bond donors (Lipinski definition) is 0. The summed E-state index contributed by atoms with van der Waals surface area (Å²) in [6, 6.07) is 4.44. The highest BCUT2D eigenvalue weighted by Gasteiger charge is 2.29. The zero-order valence-electron chi connectivity index (χ0n) is 9.03. The third-order valence-electron chi connectivity index (χ3n) is 2.63. The number of ether oxygens (including phenoxy) is 1. The van der Waals surface area contributed by atoms with E-state index in [4.69, 9.17) is 16.3 Å². The normalized spacial score (nSPS) is 22.6. The highest BCUT2D eigenvalue weighted by Crippen LogP contribution is 2.24. The van der Waals surface area contributed by atoms with Crippen LogP contribution in [0.25, 0.3) is 0 Å². The van der Waals surface area contributed by atoms with Crippen LogP contribution in [0.1, 0.15) is 12.0 Å². The minimum Gasteiger partial charge on any atom is -0.486 e.